The van der Waals surface area contributed by atoms with E-state index in [0.717, 1.165) is 0 Å². The van der Waals surface area contributed by atoms with E-state index in [4.69, 9.17) is 17.3 Å². The zero-order valence-electron chi connectivity index (χ0n) is 6.56. The van der Waals surface area contributed by atoms with Crippen LogP contribution in [0.15, 0.2) is 5.38 Å². The number of hydrogen-bond acceptors (Lipinski definition) is 4. The Balaban J connectivity index is 2.43. The Morgan fingerprint density at radius 3 is 2.85 bits per heavy atom. The number of aromatic nitrogens is 1. The van der Waals surface area contributed by atoms with Gasteiger partial charge in [0.25, 0.3) is 5.92 Å². The summed E-state index contributed by atoms with van der Waals surface area (Å²) in [5, 5.41) is 4.68. The highest BCUT2D eigenvalue weighted by Crippen LogP contribution is 2.20. The van der Waals surface area contributed by atoms with Crippen LogP contribution in [0, 0.1) is 0 Å². The summed E-state index contributed by atoms with van der Waals surface area (Å²) in [6, 6.07) is 0. The van der Waals surface area contributed by atoms with Crippen LogP contribution in [0.5, 0.6) is 0 Å². The summed E-state index contributed by atoms with van der Waals surface area (Å²) in [7, 11) is 0. The van der Waals surface area contributed by atoms with Crippen LogP contribution >= 0.6 is 22.9 Å². The number of nitrogens with one attached hydrogen (secondary N) is 1. The van der Waals surface area contributed by atoms with Gasteiger partial charge in [-0.15, -0.1) is 11.3 Å². The van der Waals surface area contributed by atoms with Gasteiger partial charge in [-0.25, -0.2) is 13.8 Å². The molecule has 0 radical (unpaired) electrons. The van der Waals surface area contributed by atoms with E-state index in [0.29, 0.717) is 10.3 Å². The predicted molar refractivity (Wildman–Crippen MR) is 49.6 cm³/mol. The van der Waals surface area contributed by atoms with Crippen molar-refractivity contribution in [2.75, 3.05) is 18.4 Å². The van der Waals surface area contributed by atoms with Crippen LogP contribution in [-0.4, -0.2) is 24.0 Å². The Hall–Kier alpha value is -0.460. The van der Waals surface area contributed by atoms with Crippen molar-refractivity contribution in [1.82, 2.24) is 4.98 Å². The van der Waals surface area contributed by atoms with Gasteiger partial charge in [-0.05, 0) is 0 Å². The lowest BCUT2D eigenvalue weighted by Crippen LogP contribution is -2.35. The van der Waals surface area contributed by atoms with E-state index < -0.39 is 19.0 Å². The number of rotatable bonds is 4. The minimum Gasteiger partial charge on any atom is -0.355 e. The van der Waals surface area contributed by atoms with Crippen LogP contribution in [0.1, 0.15) is 0 Å². The normalized spacial score (nSPS) is 11.7. The minimum atomic E-state index is -2.90. The molecule has 1 aromatic heterocycles. The second-order valence-electron chi connectivity index (χ2n) is 2.39. The van der Waals surface area contributed by atoms with Crippen LogP contribution in [0.3, 0.4) is 0 Å². The van der Waals surface area contributed by atoms with Crippen LogP contribution in [0.4, 0.5) is 13.9 Å². The zero-order chi connectivity index (χ0) is 9.90. The van der Waals surface area contributed by atoms with E-state index in [9.17, 15) is 8.78 Å². The summed E-state index contributed by atoms with van der Waals surface area (Å²) < 4.78 is 25.2. The summed E-state index contributed by atoms with van der Waals surface area (Å²) in [5.74, 6) is -2.90. The Morgan fingerprint density at radius 1 is 1.69 bits per heavy atom. The quantitative estimate of drug-likeness (QED) is 0.825. The van der Waals surface area contributed by atoms with Gasteiger partial charge < -0.3 is 11.1 Å². The maximum absolute atomic E-state index is 12.6. The topological polar surface area (TPSA) is 50.9 Å². The molecule has 0 fully saturated rings. The molecule has 0 aliphatic heterocycles. The first kappa shape index (κ1) is 10.6. The molecule has 74 valence electrons. The lowest BCUT2D eigenvalue weighted by atomic mass is 10.3. The van der Waals surface area contributed by atoms with E-state index in [-0.39, 0.29) is 0 Å². The molecule has 7 heteroatoms. The fourth-order valence-corrected chi connectivity index (χ4v) is 1.45. The fraction of sp³-hybridized carbons (Fsp3) is 0.500. The highest BCUT2D eigenvalue weighted by atomic mass is 35.5. The van der Waals surface area contributed by atoms with Gasteiger partial charge in [0.1, 0.15) is 5.15 Å². The summed E-state index contributed by atoms with van der Waals surface area (Å²) in [6.45, 7) is -1.20. The van der Waals surface area contributed by atoms with Gasteiger partial charge in [0.05, 0.1) is 13.1 Å². The number of hydrogen-bond donors (Lipinski definition) is 2. The largest absolute Gasteiger partial charge is 0.355 e. The molecule has 0 atom stereocenters. The van der Waals surface area contributed by atoms with Gasteiger partial charge in [-0.2, -0.15) is 0 Å². The van der Waals surface area contributed by atoms with Crippen molar-refractivity contribution in [3.8, 4) is 0 Å². The van der Waals surface area contributed by atoms with Gasteiger partial charge in [-0.1, -0.05) is 11.6 Å². The molecule has 1 aromatic rings. The molecule has 0 saturated heterocycles. The highest BCUT2D eigenvalue weighted by molar-refractivity contribution is 7.14. The van der Waals surface area contributed by atoms with Gasteiger partial charge in [0.2, 0.25) is 0 Å². The zero-order valence-corrected chi connectivity index (χ0v) is 8.13. The number of nitrogens with zero attached hydrogens (tertiary/aromatic N) is 1. The van der Waals surface area contributed by atoms with Crippen molar-refractivity contribution >= 4 is 28.1 Å². The van der Waals surface area contributed by atoms with Crippen molar-refractivity contribution in [2.24, 2.45) is 5.73 Å². The van der Waals surface area contributed by atoms with Crippen molar-refractivity contribution in [3.63, 3.8) is 0 Å². The van der Waals surface area contributed by atoms with E-state index >= 15 is 0 Å². The van der Waals surface area contributed by atoms with Crippen molar-refractivity contribution in [2.45, 2.75) is 5.92 Å². The molecule has 13 heavy (non-hydrogen) atoms. The Labute approximate surface area is 82.9 Å². The number of anilines is 1. The van der Waals surface area contributed by atoms with Crippen molar-refractivity contribution < 1.29 is 8.78 Å². The van der Waals surface area contributed by atoms with Crippen LogP contribution < -0.4 is 11.1 Å². The molecule has 0 aliphatic rings. The fourth-order valence-electron chi connectivity index (χ4n) is 0.612. The molecular weight excluding hydrogens is 220 g/mol. The molecule has 1 rings (SSSR count). The predicted octanol–water partition coefficient (Wildman–Crippen LogP) is 1.80. The summed E-state index contributed by atoms with van der Waals surface area (Å²) in [4.78, 5) is 3.75. The summed E-state index contributed by atoms with van der Waals surface area (Å²) >= 11 is 6.66. The molecular formula is C6H8ClF2N3S. The van der Waals surface area contributed by atoms with E-state index in [1.165, 1.54) is 11.3 Å². The summed E-state index contributed by atoms with van der Waals surface area (Å²) in [5.41, 5.74) is 4.84. The molecule has 0 unspecified atom stereocenters. The van der Waals surface area contributed by atoms with Gasteiger partial charge in [0.15, 0.2) is 5.13 Å². The average Bonchev–Trinajstić information content (AvgIpc) is 2.48. The average molecular weight is 228 g/mol. The molecule has 3 N–H and O–H groups in total. The molecule has 0 spiro atoms. The number of alkyl halides is 2. The third kappa shape index (κ3) is 3.41. The molecule has 0 saturated carbocycles. The lowest BCUT2D eigenvalue weighted by Gasteiger charge is -2.13. The summed E-state index contributed by atoms with van der Waals surface area (Å²) in [6.07, 6.45) is 0. The smallest absolute Gasteiger partial charge is 0.276 e. The minimum absolute atomic E-state index is 0.295. The lowest BCUT2D eigenvalue weighted by molar-refractivity contribution is 0.0254. The second-order valence-corrected chi connectivity index (χ2v) is 3.63. The van der Waals surface area contributed by atoms with Gasteiger partial charge >= 0.3 is 0 Å². The van der Waals surface area contributed by atoms with E-state index in [1.54, 1.807) is 5.38 Å². The maximum atomic E-state index is 12.6. The molecule has 0 bridgehead atoms. The third-order valence-corrected chi connectivity index (χ3v) is 2.40. The third-order valence-electron chi connectivity index (χ3n) is 1.27. The Bertz CT molecular complexity index is 279. The number of halogens is 3. The first-order chi connectivity index (χ1) is 6.03. The van der Waals surface area contributed by atoms with Crippen LogP contribution in [0.25, 0.3) is 0 Å². The Kier molecular flexibility index (Phi) is 3.40. The number of thiazole rings is 1. The van der Waals surface area contributed by atoms with Crippen LogP contribution in [-0.2, 0) is 0 Å². The SMILES string of the molecule is NCC(F)(F)CNc1nc(Cl)cs1. The standard InChI is InChI=1S/C6H8ClF2N3S/c7-4-1-13-5(12-4)11-3-6(8,9)2-10/h1H,2-3,10H2,(H,11,12). The highest BCUT2D eigenvalue weighted by Gasteiger charge is 2.26. The van der Waals surface area contributed by atoms with E-state index in [1.807, 2.05) is 0 Å². The molecule has 0 aliphatic carbocycles. The van der Waals surface area contributed by atoms with Crippen molar-refractivity contribution in [3.05, 3.63) is 10.5 Å². The first-order valence-electron chi connectivity index (χ1n) is 3.46. The van der Waals surface area contributed by atoms with Crippen molar-refractivity contribution in [1.29, 1.82) is 0 Å². The molecule has 0 amide bonds. The van der Waals surface area contributed by atoms with Gasteiger partial charge in [0, 0.05) is 5.38 Å². The van der Waals surface area contributed by atoms with Crippen LogP contribution in [0.2, 0.25) is 5.15 Å². The molecule has 0 aromatic carbocycles. The van der Waals surface area contributed by atoms with Gasteiger partial charge in [-0.3, -0.25) is 0 Å². The first-order valence-corrected chi connectivity index (χ1v) is 4.72. The number of nitrogens with two attached hydrogens (primary N) is 1. The second kappa shape index (κ2) is 4.17. The maximum Gasteiger partial charge on any atom is 0.276 e. The molecule has 3 nitrogen and oxygen atoms in total. The molecule has 1 heterocycles. The monoisotopic (exact) mass is 227 g/mol. The Morgan fingerprint density at radius 2 is 2.38 bits per heavy atom. The van der Waals surface area contributed by atoms with E-state index in [2.05, 4.69) is 10.3 Å².